The van der Waals surface area contributed by atoms with Gasteiger partial charge in [-0.05, 0) is 61.6 Å². The monoisotopic (exact) mass is 465 g/mol. The number of amides is 2. The van der Waals surface area contributed by atoms with Gasteiger partial charge in [-0.15, -0.1) is 0 Å². The summed E-state index contributed by atoms with van der Waals surface area (Å²) in [5.41, 5.74) is 4.33. The van der Waals surface area contributed by atoms with Crippen LogP contribution in [0.4, 0.5) is 5.69 Å². The van der Waals surface area contributed by atoms with Crippen molar-refractivity contribution in [3.63, 3.8) is 0 Å². The molecule has 4 rings (SSSR count). The van der Waals surface area contributed by atoms with Crippen LogP contribution in [0.3, 0.4) is 0 Å². The second-order valence-electron chi connectivity index (χ2n) is 9.36. The van der Waals surface area contributed by atoms with E-state index in [0.29, 0.717) is 32.4 Å². The van der Waals surface area contributed by atoms with E-state index in [1.54, 1.807) is 0 Å². The number of nitrogens with one attached hydrogen (secondary N) is 2. The highest BCUT2D eigenvalue weighted by Crippen LogP contribution is 2.26. The van der Waals surface area contributed by atoms with Crippen LogP contribution >= 0.6 is 0 Å². The molecule has 0 bridgehead atoms. The largest absolute Gasteiger partial charge is 0.494 e. The molecule has 0 saturated carbocycles. The lowest BCUT2D eigenvalue weighted by molar-refractivity contribution is -0.121. The van der Waals surface area contributed by atoms with Crippen LogP contribution in [-0.2, 0) is 33.8 Å². The van der Waals surface area contributed by atoms with Crippen molar-refractivity contribution in [1.82, 2.24) is 10.2 Å². The van der Waals surface area contributed by atoms with Crippen molar-refractivity contribution in [1.29, 1.82) is 0 Å². The number of carbonyl (C=O) groups excluding carboxylic acids is 2. The molecule has 2 aromatic rings. The first kappa shape index (κ1) is 24.2. The van der Waals surface area contributed by atoms with E-state index in [9.17, 15) is 9.59 Å². The molecule has 0 aliphatic carbocycles. The van der Waals surface area contributed by atoms with Gasteiger partial charge in [0.1, 0.15) is 5.75 Å². The molecule has 2 aliphatic rings. The summed E-state index contributed by atoms with van der Waals surface area (Å²) in [7, 11) is 0. The average molecular weight is 466 g/mol. The zero-order valence-electron chi connectivity index (χ0n) is 20.1. The summed E-state index contributed by atoms with van der Waals surface area (Å²) in [6.45, 7) is 8.08. The lowest BCUT2D eigenvalue weighted by atomic mass is 10.0. The number of hydrogen-bond acceptors (Lipinski definition) is 5. The SMILES string of the molecule is CC1CN(Cc2ccc(CNC(=O)CCCOc3ccc4c(c3)CCC(=O)N4)cc2)CC(C)O1. The molecule has 1 fully saturated rings. The number of morpholine rings is 1. The minimum atomic E-state index is 0.0251. The Hall–Kier alpha value is -2.90. The van der Waals surface area contributed by atoms with Gasteiger partial charge in [-0.1, -0.05) is 24.3 Å². The number of nitrogens with zero attached hydrogens (tertiary/aromatic N) is 1. The van der Waals surface area contributed by atoms with Crippen LogP contribution in [0.15, 0.2) is 42.5 Å². The van der Waals surface area contributed by atoms with Gasteiger partial charge in [0.05, 0.1) is 18.8 Å². The van der Waals surface area contributed by atoms with Crippen molar-refractivity contribution in [2.75, 3.05) is 25.0 Å². The predicted octanol–water partition coefficient (Wildman–Crippen LogP) is 3.66. The van der Waals surface area contributed by atoms with Crippen LogP contribution in [-0.4, -0.2) is 48.6 Å². The van der Waals surface area contributed by atoms with Crippen molar-refractivity contribution in [2.24, 2.45) is 0 Å². The fourth-order valence-electron chi connectivity index (χ4n) is 4.60. The maximum Gasteiger partial charge on any atom is 0.224 e. The summed E-state index contributed by atoms with van der Waals surface area (Å²) in [5.74, 6) is 0.856. The quantitative estimate of drug-likeness (QED) is 0.553. The Kier molecular flexibility index (Phi) is 8.19. The summed E-state index contributed by atoms with van der Waals surface area (Å²) >= 11 is 0. The number of benzene rings is 2. The van der Waals surface area contributed by atoms with Gasteiger partial charge in [-0.3, -0.25) is 14.5 Å². The normalized spacial score (nSPS) is 20.4. The molecule has 7 nitrogen and oxygen atoms in total. The van der Waals surface area contributed by atoms with Gasteiger partial charge in [0, 0.05) is 44.7 Å². The molecular formula is C27H35N3O4. The van der Waals surface area contributed by atoms with Crippen molar-refractivity contribution in [2.45, 2.75) is 64.8 Å². The highest BCUT2D eigenvalue weighted by atomic mass is 16.5. The molecule has 182 valence electrons. The van der Waals surface area contributed by atoms with Crippen molar-refractivity contribution < 1.29 is 19.1 Å². The standard InChI is InChI=1S/C27H35N3O4/c1-19-16-30(17-20(2)34-19)18-22-7-5-21(6-8-22)15-28-26(31)4-3-13-33-24-10-11-25-23(14-24)9-12-27(32)29-25/h5-8,10-11,14,19-20H,3-4,9,12-13,15-18H2,1-2H3,(H,28,31)(H,29,32). The Bertz CT molecular complexity index is 982. The molecule has 2 amide bonds. The summed E-state index contributed by atoms with van der Waals surface area (Å²) in [4.78, 5) is 26.1. The van der Waals surface area contributed by atoms with Crippen LogP contribution < -0.4 is 15.4 Å². The van der Waals surface area contributed by atoms with Gasteiger partial charge in [-0.25, -0.2) is 0 Å². The molecule has 0 radical (unpaired) electrons. The van der Waals surface area contributed by atoms with Crippen LogP contribution in [0.2, 0.25) is 0 Å². The molecule has 2 N–H and O–H groups in total. The molecule has 0 spiro atoms. The molecular weight excluding hydrogens is 430 g/mol. The predicted molar refractivity (Wildman–Crippen MR) is 132 cm³/mol. The van der Waals surface area contributed by atoms with Crippen molar-refractivity contribution >= 4 is 17.5 Å². The molecule has 0 aromatic heterocycles. The Morgan fingerprint density at radius 2 is 1.82 bits per heavy atom. The Balaban J connectivity index is 1.13. The molecule has 2 aliphatic heterocycles. The van der Waals surface area contributed by atoms with E-state index in [4.69, 9.17) is 9.47 Å². The fraction of sp³-hybridized carbons (Fsp3) is 0.481. The first-order valence-electron chi connectivity index (χ1n) is 12.2. The van der Waals surface area contributed by atoms with Gasteiger partial charge < -0.3 is 20.1 Å². The molecule has 2 atom stereocenters. The lowest BCUT2D eigenvalue weighted by Gasteiger charge is -2.35. The number of anilines is 1. The van der Waals surface area contributed by atoms with Crippen molar-refractivity contribution in [3.8, 4) is 5.75 Å². The number of rotatable bonds is 9. The molecule has 2 heterocycles. The summed E-state index contributed by atoms with van der Waals surface area (Å²) in [5, 5.41) is 5.86. The van der Waals surface area contributed by atoms with Crippen LogP contribution in [0.5, 0.6) is 5.75 Å². The maximum absolute atomic E-state index is 12.2. The zero-order valence-corrected chi connectivity index (χ0v) is 20.1. The minimum Gasteiger partial charge on any atom is -0.494 e. The van der Waals surface area contributed by atoms with Crippen LogP contribution in [0.25, 0.3) is 0 Å². The molecule has 2 unspecified atom stereocenters. The number of fused-ring (bicyclic) bond motifs is 1. The average Bonchev–Trinajstić information content (AvgIpc) is 2.81. The Morgan fingerprint density at radius 3 is 2.59 bits per heavy atom. The smallest absolute Gasteiger partial charge is 0.224 e. The van der Waals surface area contributed by atoms with Gasteiger partial charge in [0.15, 0.2) is 0 Å². The van der Waals surface area contributed by atoms with E-state index < -0.39 is 0 Å². The van der Waals surface area contributed by atoms with E-state index in [0.717, 1.165) is 48.6 Å². The van der Waals surface area contributed by atoms with Crippen molar-refractivity contribution in [3.05, 3.63) is 59.2 Å². The summed E-state index contributed by atoms with van der Waals surface area (Å²) in [6, 6.07) is 14.2. The lowest BCUT2D eigenvalue weighted by Crippen LogP contribution is -2.44. The first-order valence-corrected chi connectivity index (χ1v) is 12.2. The fourth-order valence-corrected chi connectivity index (χ4v) is 4.60. The van der Waals surface area contributed by atoms with Gasteiger partial charge in [-0.2, -0.15) is 0 Å². The maximum atomic E-state index is 12.2. The second-order valence-corrected chi connectivity index (χ2v) is 9.36. The second kappa shape index (κ2) is 11.5. The highest BCUT2D eigenvalue weighted by Gasteiger charge is 2.22. The number of hydrogen-bond donors (Lipinski definition) is 2. The topological polar surface area (TPSA) is 79.9 Å². The number of ether oxygens (including phenoxy) is 2. The minimum absolute atomic E-state index is 0.0251. The first-order chi connectivity index (χ1) is 16.4. The molecule has 7 heteroatoms. The third kappa shape index (κ3) is 7.05. The van der Waals surface area contributed by atoms with Gasteiger partial charge in [0.25, 0.3) is 0 Å². The Morgan fingerprint density at radius 1 is 1.09 bits per heavy atom. The zero-order chi connectivity index (χ0) is 23.9. The summed E-state index contributed by atoms with van der Waals surface area (Å²) in [6.07, 6.45) is 2.84. The third-order valence-electron chi connectivity index (χ3n) is 6.20. The summed E-state index contributed by atoms with van der Waals surface area (Å²) < 4.78 is 11.6. The van der Waals surface area contributed by atoms with E-state index in [2.05, 4.69) is 53.6 Å². The van der Waals surface area contributed by atoms with E-state index in [-0.39, 0.29) is 24.0 Å². The van der Waals surface area contributed by atoms with E-state index >= 15 is 0 Å². The third-order valence-corrected chi connectivity index (χ3v) is 6.20. The number of carbonyl (C=O) groups is 2. The molecule has 2 aromatic carbocycles. The Labute approximate surface area is 201 Å². The molecule has 1 saturated heterocycles. The van der Waals surface area contributed by atoms with Gasteiger partial charge >= 0.3 is 0 Å². The van der Waals surface area contributed by atoms with Crippen LogP contribution in [0.1, 0.15) is 49.8 Å². The van der Waals surface area contributed by atoms with Gasteiger partial charge in [0.2, 0.25) is 11.8 Å². The highest BCUT2D eigenvalue weighted by molar-refractivity contribution is 5.94. The molecule has 34 heavy (non-hydrogen) atoms. The van der Waals surface area contributed by atoms with E-state index in [1.165, 1.54) is 5.56 Å². The van der Waals surface area contributed by atoms with Crippen LogP contribution in [0, 0.1) is 0 Å². The van der Waals surface area contributed by atoms with E-state index in [1.807, 2.05) is 18.2 Å². The number of aryl methyl sites for hydroxylation is 1.